The van der Waals surface area contributed by atoms with E-state index >= 15 is 0 Å². The predicted molar refractivity (Wildman–Crippen MR) is 114 cm³/mol. The van der Waals surface area contributed by atoms with Crippen molar-refractivity contribution in [2.24, 2.45) is 0 Å². The van der Waals surface area contributed by atoms with Crippen LogP contribution in [-0.4, -0.2) is 0 Å². The van der Waals surface area contributed by atoms with E-state index in [-0.39, 0.29) is 0 Å². The van der Waals surface area contributed by atoms with Crippen molar-refractivity contribution >= 4 is 21.9 Å². The quantitative estimate of drug-likeness (QED) is 0.321. The molecule has 130 valence electrons. The Morgan fingerprint density at radius 3 is 2.07 bits per heavy atom. The van der Waals surface area contributed by atoms with Crippen molar-refractivity contribution in [3.8, 4) is 22.3 Å². The average molecular weight is 348 g/mol. The third-order valence-electron chi connectivity index (χ3n) is 5.38. The molecular weight excluding hydrogens is 328 g/mol. The second-order valence-electron chi connectivity index (χ2n) is 7.15. The van der Waals surface area contributed by atoms with E-state index in [1.807, 2.05) is 12.1 Å². The van der Waals surface area contributed by atoms with Crippen LogP contribution >= 0.6 is 0 Å². The molecule has 0 atom stereocenters. The normalized spacial score (nSPS) is 11.3. The number of fused-ring (bicyclic) bond motifs is 3. The number of hydrogen-bond acceptors (Lipinski definition) is 1. The lowest BCUT2D eigenvalue weighted by Gasteiger charge is -2.12. The van der Waals surface area contributed by atoms with Crippen LogP contribution in [0.15, 0.2) is 89.3 Å². The number of rotatable bonds is 2. The first-order chi connectivity index (χ1) is 13.2. The third-order valence-corrected chi connectivity index (χ3v) is 5.38. The molecule has 0 aliphatic heterocycles. The van der Waals surface area contributed by atoms with Gasteiger partial charge in [-0.2, -0.15) is 0 Å². The topological polar surface area (TPSA) is 13.1 Å². The van der Waals surface area contributed by atoms with Crippen molar-refractivity contribution in [1.82, 2.24) is 0 Å². The lowest BCUT2D eigenvalue weighted by molar-refractivity contribution is 0.669. The minimum Gasteiger partial charge on any atom is -0.456 e. The summed E-state index contributed by atoms with van der Waals surface area (Å²) < 4.78 is 5.97. The summed E-state index contributed by atoms with van der Waals surface area (Å²) in [5.74, 6) is 0. The Labute approximate surface area is 158 Å². The van der Waals surface area contributed by atoms with Crippen LogP contribution in [0.5, 0.6) is 0 Å². The maximum absolute atomic E-state index is 5.97. The van der Waals surface area contributed by atoms with Gasteiger partial charge in [0.25, 0.3) is 0 Å². The minimum absolute atomic E-state index is 0.936. The fourth-order valence-electron chi connectivity index (χ4n) is 3.87. The molecule has 5 rings (SSSR count). The molecule has 0 aliphatic rings. The standard InChI is InChI=1S/C26H20O/c1-17-7-3-4-8-21(17)23-15-19(12-11-18(23)2)20-13-14-26-24(16-20)22-9-5-6-10-25(22)27-26/h3-16H,1-2H3. The summed E-state index contributed by atoms with van der Waals surface area (Å²) in [4.78, 5) is 0. The molecule has 1 aromatic heterocycles. The molecule has 0 amide bonds. The van der Waals surface area contributed by atoms with Crippen LogP contribution in [0.2, 0.25) is 0 Å². The largest absolute Gasteiger partial charge is 0.456 e. The van der Waals surface area contributed by atoms with Gasteiger partial charge in [-0.1, -0.05) is 60.7 Å². The van der Waals surface area contributed by atoms with Crippen LogP contribution in [0.4, 0.5) is 0 Å². The van der Waals surface area contributed by atoms with Crippen molar-refractivity contribution in [2.75, 3.05) is 0 Å². The zero-order valence-corrected chi connectivity index (χ0v) is 15.5. The second-order valence-corrected chi connectivity index (χ2v) is 7.15. The zero-order chi connectivity index (χ0) is 18.4. The molecule has 0 N–H and O–H groups in total. The highest BCUT2D eigenvalue weighted by atomic mass is 16.3. The average Bonchev–Trinajstić information content (AvgIpc) is 3.07. The van der Waals surface area contributed by atoms with Gasteiger partial charge in [0.1, 0.15) is 11.2 Å². The number of hydrogen-bond donors (Lipinski definition) is 0. The number of aryl methyl sites for hydroxylation is 2. The molecular formula is C26H20O. The van der Waals surface area contributed by atoms with E-state index in [2.05, 4.69) is 86.6 Å². The molecule has 0 unspecified atom stereocenters. The van der Waals surface area contributed by atoms with E-state index in [1.165, 1.54) is 44.2 Å². The Morgan fingerprint density at radius 1 is 0.519 bits per heavy atom. The highest BCUT2D eigenvalue weighted by Gasteiger charge is 2.10. The SMILES string of the molecule is Cc1ccccc1-c1cc(-c2ccc3oc4ccccc4c3c2)ccc1C. The first-order valence-electron chi connectivity index (χ1n) is 9.29. The van der Waals surface area contributed by atoms with Gasteiger partial charge in [-0.15, -0.1) is 0 Å². The molecule has 1 nitrogen and oxygen atoms in total. The van der Waals surface area contributed by atoms with E-state index in [0.29, 0.717) is 0 Å². The highest BCUT2D eigenvalue weighted by Crippen LogP contribution is 2.35. The van der Waals surface area contributed by atoms with Crippen LogP contribution in [-0.2, 0) is 0 Å². The molecule has 1 heterocycles. The van der Waals surface area contributed by atoms with Gasteiger partial charge in [0.15, 0.2) is 0 Å². The molecule has 0 aliphatic carbocycles. The van der Waals surface area contributed by atoms with Crippen LogP contribution in [0.1, 0.15) is 11.1 Å². The van der Waals surface area contributed by atoms with Crippen LogP contribution in [0.3, 0.4) is 0 Å². The Hall–Kier alpha value is -3.32. The molecule has 0 saturated heterocycles. The maximum Gasteiger partial charge on any atom is 0.135 e. The third kappa shape index (κ3) is 2.63. The first kappa shape index (κ1) is 15.9. The van der Waals surface area contributed by atoms with E-state index in [0.717, 1.165) is 11.2 Å². The van der Waals surface area contributed by atoms with Gasteiger partial charge < -0.3 is 4.42 Å². The lowest BCUT2D eigenvalue weighted by atomic mass is 9.92. The van der Waals surface area contributed by atoms with Crippen LogP contribution < -0.4 is 0 Å². The van der Waals surface area contributed by atoms with Crippen molar-refractivity contribution in [1.29, 1.82) is 0 Å². The van der Waals surface area contributed by atoms with Crippen LogP contribution in [0.25, 0.3) is 44.2 Å². The highest BCUT2D eigenvalue weighted by molar-refractivity contribution is 6.06. The smallest absolute Gasteiger partial charge is 0.135 e. The van der Waals surface area contributed by atoms with Gasteiger partial charge in [0.2, 0.25) is 0 Å². The summed E-state index contributed by atoms with van der Waals surface area (Å²) in [6.45, 7) is 4.35. The van der Waals surface area contributed by atoms with Gasteiger partial charge in [-0.3, -0.25) is 0 Å². The van der Waals surface area contributed by atoms with Gasteiger partial charge in [0.05, 0.1) is 0 Å². The summed E-state index contributed by atoms with van der Waals surface area (Å²) in [7, 11) is 0. The minimum atomic E-state index is 0.936. The molecule has 0 radical (unpaired) electrons. The summed E-state index contributed by atoms with van der Waals surface area (Å²) in [5.41, 5.74) is 9.50. The van der Waals surface area contributed by atoms with Crippen molar-refractivity contribution in [3.05, 3.63) is 96.1 Å². The number of benzene rings is 4. The Balaban J connectivity index is 1.70. The second kappa shape index (κ2) is 6.14. The van der Waals surface area contributed by atoms with E-state index in [1.54, 1.807) is 0 Å². The number of para-hydroxylation sites is 1. The maximum atomic E-state index is 5.97. The van der Waals surface area contributed by atoms with Crippen molar-refractivity contribution in [3.63, 3.8) is 0 Å². The van der Waals surface area contributed by atoms with E-state index in [4.69, 9.17) is 4.42 Å². The van der Waals surface area contributed by atoms with Crippen molar-refractivity contribution in [2.45, 2.75) is 13.8 Å². The predicted octanol–water partition coefficient (Wildman–Crippen LogP) is 7.54. The van der Waals surface area contributed by atoms with Gasteiger partial charge in [-0.25, -0.2) is 0 Å². The molecule has 1 heteroatoms. The Morgan fingerprint density at radius 2 is 1.19 bits per heavy atom. The van der Waals surface area contributed by atoms with Crippen LogP contribution in [0, 0.1) is 13.8 Å². The summed E-state index contributed by atoms with van der Waals surface area (Å²) in [6, 6.07) is 30.0. The van der Waals surface area contributed by atoms with Gasteiger partial charge in [0, 0.05) is 10.8 Å². The Bertz CT molecular complexity index is 1290. The van der Waals surface area contributed by atoms with Gasteiger partial charge in [-0.05, 0) is 71.5 Å². The molecule has 4 aromatic carbocycles. The monoisotopic (exact) mass is 348 g/mol. The van der Waals surface area contributed by atoms with Gasteiger partial charge >= 0.3 is 0 Å². The summed E-state index contributed by atoms with van der Waals surface area (Å²) >= 11 is 0. The summed E-state index contributed by atoms with van der Waals surface area (Å²) in [5, 5.41) is 2.33. The van der Waals surface area contributed by atoms with Crippen molar-refractivity contribution < 1.29 is 4.42 Å². The number of furan rings is 1. The van der Waals surface area contributed by atoms with E-state index in [9.17, 15) is 0 Å². The molecule has 5 aromatic rings. The Kier molecular flexibility index (Phi) is 3.61. The lowest BCUT2D eigenvalue weighted by Crippen LogP contribution is -1.88. The zero-order valence-electron chi connectivity index (χ0n) is 15.5. The molecule has 0 saturated carbocycles. The molecule has 0 bridgehead atoms. The van der Waals surface area contributed by atoms with E-state index < -0.39 is 0 Å². The molecule has 0 fully saturated rings. The molecule has 0 spiro atoms. The first-order valence-corrected chi connectivity index (χ1v) is 9.29. The molecule has 27 heavy (non-hydrogen) atoms. The summed E-state index contributed by atoms with van der Waals surface area (Å²) in [6.07, 6.45) is 0. The fraction of sp³-hybridized carbons (Fsp3) is 0.0769. The fourth-order valence-corrected chi connectivity index (χ4v) is 3.87.